The van der Waals surface area contributed by atoms with Gasteiger partial charge in [-0.3, -0.25) is 19.8 Å². The molecule has 1 atom stereocenters. The number of fused-ring (bicyclic) bond motifs is 1. The summed E-state index contributed by atoms with van der Waals surface area (Å²) in [5.74, 6) is -0.304. The summed E-state index contributed by atoms with van der Waals surface area (Å²) in [5, 5.41) is 13.8. The van der Waals surface area contributed by atoms with Crippen LogP contribution in [0.2, 0.25) is 0 Å². The number of benzene rings is 2. The maximum Gasteiger partial charge on any atom is 0.306 e. The van der Waals surface area contributed by atoms with Crippen molar-refractivity contribution in [2.24, 2.45) is 5.73 Å². The van der Waals surface area contributed by atoms with Crippen LogP contribution in [0, 0.1) is 12.3 Å². The number of aromatic nitrogens is 2. The van der Waals surface area contributed by atoms with Crippen LogP contribution in [0.5, 0.6) is 0 Å². The SMILES string of the molecule is CCOC(=O)CCC(=O)NC(C)(C(=O)N1CCCC1)c1ccc2[nH]c(CNc3ccc(C(=N)N)cc3)nc2c1C.Cl. The fraction of sp³-hybridized carbons (Fsp3) is 0.414. The number of nitrogens with one attached hydrogen (secondary N) is 4. The predicted octanol–water partition coefficient (Wildman–Crippen LogP) is 3.49. The molecule has 2 aromatic carbocycles. The van der Waals surface area contributed by atoms with Crippen molar-refractivity contribution in [3.63, 3.8) is 0 Å². The first-order chi connectivity index (χ1) is 19.1. The highest BCUT2D eigenvalue weighted by Gasteiger charge is 2.42. The molecule has 1 unspecified atom stereocenters. The summed E-state index contributed by atoms with van der Waals surface area (Å²) < 4.78 is 4.94. The van der Waals surface area contributed by atoms with Crippen molar-refractivity contribution in [2.75, 3.05) is 25.0 Å². The van der Waals surface area contributed by atoms with E-state index in [1.807, 2.05) is 31.2 Å². The van der Waals surface area contributed by atoms with E-state index in [0.29, 0.717) is 42.1 Å². The minimum absolute atomic E-state index is 0. The van der Waals surface area contributed by atoms with Crippen LogP contribution in [0.3, 0.4) is 0 Å². The number of aromatic amines is 1. The lowest BCUT2D eigenvalue weighted by atomic mass is 9.86. The number of carbonyl (C=O) groups excluding carboxylic acids is 3. The summed E-state index contributed by atoms with van der Waals surface area (Å²) in [6, 6.07) is 11.0. The number of hydrogen-bond donors (Lipinski definition) is 5. The highest BCUT2D eigenvalue weighted by molar-refractivity contribution is 5.96. The molecule has 1 fully saturated rings. The van der Waals surface area contributed by atoms with Crippen LogP contribution in [0.25, 0.3) is 11.0 Å². The second-order valence-corrected chi connectivity index (χ2v) is 10.1. The average molecular weight is 584 g/mol. The molecule has 0 spiro atoms. The fourth-order valence-electron chi connectivity index (χ4n) is 5.10. The highest BCUT2D eigenvalue weighted by Crippen LogP contribution is 2.32. The van der Waals surface area contributed by atoms with Gasteiger partial charge in [-0.1, -0.05) is 6.07 Å². The van der Waals surface area contributed by atoms with Gasteiger partial charge in [0.1, 0.15) is 17.2 Å². The molecule has 3 aromatic rings. The van der Waals surface area contributed by atoms with Gasteiger partial charge in [-0.2, -0.15) is 0 Å². The van der Waals surface area contributed by atoms with Gasteiger partial charge in [0.05, 0.1) is 30.6 Å². The van der Waals surface area contributed by atoms with Crippen LogP contribution in [0.15, 0.2) is 36.4 Å². The standard InChI is InChI=1S/C29H37N7O4.ClH/c1-4-40-25(38)14-13-24(37)35-29(3,28(39)36-15-5-6-16-36)21-11-12-22-26(18(21)2)34-23(33-22)17-32-20-9-7-19(8-10-20)27(30)31;/h7-12,32H,4-6,13-17H2,1-3H3,(H3,30,31)(H,33,34)(H,35,37);1H. The van der Waals surface area contributed by atoms with Gasteiger partial charge in [0.15, 0.2) is 0 Å². The van der Waals surface area contributed by atoms with Gasteiger partial charge in [0.2, 0.25) is 5.91 Å². The molecule has 0 saturated carbocycles. The van der Waals surface area contributed by atoms with Gasteiger partial charge in [-0.05, 0) is 75.1 Å². The molecule has 2 amide bonds. The maximum atomic E-state index is 13.8. The molecule has 6 N–H and O–H groups in total. The summed E-state index contributed by atoms with van der Waals surface area (Å²) in [6.07, 6.45) is 1.71. The first-order valence-electron chi connectivity index (χ1n) is 13.6. The smallest absolute Gasteiger partial charge is 0.306 e. The Labute approximate surface area is 245 Å². The second kappa shape index (κ2) is 13.5. The molecule has 41 heavy (non-hydrogen) atoms. The molecule has 4 rings (SSSR count). The van der Waals surface area contributed by atoms with Crippen LogP contribution in [-0.2, 0) is 31.2 Å². The quantitative estimate of drug-likeness (QED) is 0.131. The second-order valence-electron chi connectivity index (χ2n) is 10.1. The van der Waals surface area contributed by atoms with E-state index in [1.165, 1.54) is 0 Å². The van der Waals surface area contributed by atoms with Crippen molar-refractivity contribution in [2.45, 2.75) is 58.5 Å². The summed E-state index contributed by atoms with van der Waals surface area (Å²) in [6.45, 7) is 7.29. The Kier molecular flexibility index (Phi) is 10.3. The van der Waals surface area contributed by atoms with Crippen molar-refractivity contribution in [3.05, 3.63) is 58.9 Å². The van der Waals surface area contributed by atoms with Crippen LogP contribution in [-0.4, -0.2) is 58.2 Å². The van der Waals surface area contributed by atoms with Gasteiger partial charge in [0, 0.05) is 30.8 Å². The molecule has 0 radical (unpaired) electrons. The monoisotopic (exact) mass is 583 g/mol. The predicted molar refractivity (Wildman–Crippen MR) is 160 cm³/mol. The van der Waals surface area contributed by atoms with Gasteiger partial charge in [-0.25, -0.2) is 4.98 Å². The van der Waals surface area contributed by atoms with Gasteiger partial charge in [-0.15, -0.1) is 12.4 Å². The Bertz CT molecular complexity index is 1420. The maximum absolute atomic E-state index is 13.8. The van der Waals surface area contributed by atoms with E-state index in [4.69, 9.17) is 20.9 Å². The zero-order chi connectivity index (χ0) is 28.9. The minimum Gasteiger partial charge on any atom is -0.466 e. The number of rotatable bonds is 11. The molecule has 2 heterocycles. The molecule has 11 nitrogen and oxygen atoms in total. The number of likely N-dealkylation sites (tertiary alicyclic amines) is 1. The Morgan fingerprint density at radius 1 is 1.12 bits per heavy atom. The van der Waals surface area contributed by atoms with Crippen LogP contribution in [0.1, 0.15) is 62.0 Å². The van der Waals surface area contributed by atoms with Crippen molar-refractivity contribution >= 4 is 52.7 Å². The van der Waals surface area contributed by atoms with Crippen molar-refractivity contribution < 1.29 is 19.1 Å². The van der Waals surface area contributed by atoms with E-state index in [9.17, 15) is 14.4 Å². The number of nitrogens with two attached hydrogens (primary N) is 1. The van der Waals surface area contributed by atoms with Crippen LogP contribution in [0.4, 0.5) is 5.69 Å². The van der Waals surface area contributed by atoms with E-state index in [1.54, 1.807) is 30.9 Å². The average Bonchev–Trinajstić information content (AvgIpc) is 3.61. The fourth-order valence-corrected chi connectivity index (χ4v) is 5.10. The molecule has 12 heteroatoms. The normalized spacial score (nSPS) is 14.2. The van der Waals surface area contributed by atoms with E-state index in [0.717, 1.165) is 29.6 Å². The van der Waals surface area contributed by atoms with Crippen molar-refractivity contribution in [1.29, 1.82) is 5.41 Å². The third-order valence-electron chi connectivity index (χ3n) is 7.22. The molecule has 1 aliphatic heterocycles. The Morgan fingerprint density at radius 3 is 2.44 bits per heavy atom. The number of aryl methyl sites for hydroxylation is 1. The number of H-pyrrole nitrogens is 1. The lowest BCUT2D eigenvalue weighted by Crippen LogP contribution is -2.55. The zero-order valence-corrected chi connectivity index (χ0v) is 24.5. The number of anilines is 1. The zero-order valence-electron chi connectivity index (χ0n) is 23.6. The number of imidazole rings is 1. The number of amides is 2. The van der Waals surface area contributed by atoms with Crippen molar-refractivity contribution in [1.82, 2.24) is 20.2 Å². The third kappa shape index (κ3) is 7.15. The van der Waals surface area contributed by atoms with E-state index >= 15 is 0 Å². The molecule has 0 bridgehead atoms. The molecule has 0 aliphatic carbocycles. The largest absolute Gasteiger partial charge is 0.466 e. The first-order valence-corrected chi connectivity index (χ1v) is 13.6. The number of ether oxygens (including phenoxy) is 1. The van der Waals surface area contributed by atoms with Crippen molar-refractivity contribution in [3.8, 4) is 0 Å². The summed E-state index contributed by atoms with van der Waals surface area (Å²) >= 11 is 0. The Morgan fingerprint density at radius 2 is 1.80 bits per heavy atom. The topological polar surface area (TPSA) is 166 Å². The van der Waals surface area contributed by atoms with E-state index in [2.05, 4.69) is 15.6 Å². The van der Waals surface area contributed by atoms with Gasteiger partial charge in [0.25, 0.3) is 5.91 Å². The van der Waals surface area contributed by atoms with Gasteiger partial charge >= 0.3 is 5.97 Å². The van der Waals surface area contributed by atoms with E-state index in [-0.39, 0.29) is 43.6 Å². The summed E-state index contributed by atoms with van der Waals surface area (Å²) in [7, 11) is 0. The Hall–Kier alpha value is -4.12. The first kappa shape index (κ1) is 31.4. The lowest BCUT2D eigenvalue weighted by Gasteiger charge is -2.35. The molecule has 220 valence electrons. The number of nitrogen functional groups attached to an aromatic ring is 1. The molecule has 1 aliphatic rings. The number of halogens is 1. The number of hydrogen-bond acceptors (Lipinski definition) is 7. The molecule has 1 aromatic heterocycles. The van der Waals surface area contributed by atoms with Gasteiger partial charge < -0.3 is 31.0 Å². The summed E-state index contributed by atoms with van der Waals surface area (Å²) in [5.41, 5.74) is 8.68. The molecular weight excluding hydrogens is 546 g/mol. The van der Waals surface area contributed by atoms with Crippen LogP contribution < -0.4 is 16.4 Å². The minimum atomic E-state index is -1.33. The number of carbonyl (C=O) groups is 3. The van der Waals surface area contributed by atoms with E-state index < -0.39 is 17.4 Å². The third-order valence-corrected chi connectivity index (χ3v) is 7.22. The summed E-state index contributed by atoms with van der Waals surface area (Å²) in [4.78, 5) is 48.5. The lowest BCUT2D eigenvalue weighted by molar-refractivity contribution is -0.145. The number of amidine groups is 1. The van der Waals surface area contributed by atoms with Crippen LogP contribution >= 0.6 is 12.4 Å². The highest BCUT2D eigenvalue weighted by atomic mass is 35.5. The molecular formula is C29H38ClN7O4. The molecule has 1 saturated heterocycles. The number of esters is 1. The number of nitrogens with zero attached hydrogens (tertiary/aromatic N) is 2. The Balaban J connectivity index is 0.00000462.